The average molecular weight is 409 g/mol. The maximum Gasteiger partial charge on any atom is 0.260 e. The minimum absolute atomic E-state index is 0.0821. The topological polar surface area (TPSA) is 42.0 Å². The van der Waals surface area contributed by atoms with Crippen LogP contribution in [0.1, 0.15) is 25.7 Å². The van der Waals surface area contributed by atoms with Crippen molar-refractivity contribution in [1.82, 2.24) is 9.80 Å². The number of likely N-dealkylation sites (tertiary alicyclic amines) is 2. The summed E-state index contributed by atoms with van der Waals surface area (Å²) in [7, 11) is 1.81. The summed E-state index contributed by atoms with van der Waals surface area (Å²) in [5.41, 5.74) is 2.32. The van der Waals surface area contributed by atoms with Crippen LogP contribution < -0.4 is 4.74 Å². The maximum atomic E-state index is 12.6. The van der Waals surface area contributed by atoms with Gasteiger partial charge >= 0.3 is 0 Å². The Morgan fingerprint density at radius 2 is 1.50 bits per heavy atom. The molecule has 0 aromatic heterocycles. The van der Waals surface area contributed by atoms with Crippen LogP contribution in [0.3, 0.4) is 0 Å². The predicted molar refractivity (Wildman–Crippen MR) is 119 cm³/mol. The number of nitrogens with zero attached hydrogens (tertiary/aromatic N) is 2. The number of carbonyl (C=O) groups is 1. The minimum Gasteiger partial charge on any atom is -0.484 e. The lowest BCUT2D eigenvalue weighted by Gasteiger charge is -2.41. The van der Waals surface area contributed by atoms with Crippen LogP contribution in [0.2, 0.25) is 0 Å². The molecule has 2 aromatic rings. The van der Waals surface area contributed by atoms with Crippen LogP contribution in [0.5, 0.6) is 5.75 Å². The molecule has 0 spiro atoms. The quantitative estimate of drug-likeness (QED) is 0.728. The summed E-state index contributed by atoms with van der Waals surface area (Å²) in [6.45, 7) is 3.97. The summed E-state index contributed by atoms with van der Waals surface area (Å²) in [6, 6.07) is 18.8. The van der Waals surface area contributed by atoms with Crippen molar-refractivity contribution < 1.29 is 14.3 Å². The van der Waals surface area contributed by atoms with Gasteiger partial charge in [-0.15, -0.1) is 0 Å². The predicted octanol–water partition coefficient (Wildman–Crippen LogP) is 3.83. The van der Waals surface area contributed by atoms with Gasteiger partial charge in [-0.2, -0.15) is 0 Å². The van der Waals surface area contributed by atoms with E-state index in [4.69, 9.17) is 9.47 Å². The van der Waals surface area contributed by atoms with E-state index in [1.54, 1.807) is 0 Å². The Morgan fingerprint density at radius 1 is 0.867 bits per heavy atom. The van der Waals surface area contributed by atoms with Gasteiger partial charge < -0.3 is 19.3 Å². The Bertz CT molecular complexity index is 793. The summed E-state index contributed by atoms with van der Waals surface area (Å²) < 4.78 is 11.2. The molecule has 0 radical (unpaired) electrons. The molecule has 160 valence electrons. The van der Waals surface area contributed by atoms with Crippen LogP contribution in [-0.2, 0) is 9.53 Å². The molecule has 2 aliphatic heterocycles. The standard InChI is InChI=1S/C25H32N2O3/c1-29-23-13-17-26(18-14-23)22-11-15-27(16-12-22)25(28)19-30-24-9-7-21(8-10-24)20-5-3-2-4-6-20/h2-10,22-23H,11-19H2,1H3. The highest BCUT2D eigenvalue weighted by atomic mass is 16.5. The number of benzene rings is 2. The van der Waals surface area contributed by atoms with Gasteiger partial charge in [-0.05, 0) is 48.9 Å². The van der Waals surface area contributed by atoms with E-state index in [1.807, 2.05) is 54.5 Å². The lowest BCUT2D eigenvalue weighted by molar-refractivity contribution is -0.135. The third kappa shape index (κ3) is 5.21. The molecule has 2 aliphatic rings. The summed E-state index contributed by atoms with van der Waals surface area (Å²) >= 11 is 0. The first-order valence-corrected chi connectivity index (χ1v) is 11.1. The fourth-order valence-corrected chi connectivity index (χ4v) is 4.57. The van der Waals surface area contributed by atoms with Crippen LogP contribution in [-0.4, -0.2) is 67.7 Å². The zero-order valence-electron chi connectivity index (χ0n) is 17.8. The Hall–Kier alpha value is -2.37. The number of ether oxygens (including phenoxy) is 2. The molecule has 30 heavy (non-hydrogen) atoms. The Kier molecular flexibility index (Phi) is 7.03. The highest BCUT2D eigenvalue weighted by Gasteiger charge is 2.29. The van der Waals surface area contributed by atoms with Gasteiger partial charge in [-0.3, -0.25) is 4.79 Å². The second-order valence-corrected chi connectivity index (χ2v) is 8.26. The van der Waals surface area contributed by atoms with Crippen molar-refractivity contribution in [2.45, 2.75) is 37.8 Å². The SMILES string of the molecule is COC1CCN(C2CCN(C(=O)COc3ccc(-c4ccccc4)cc3)CC2)CC1. The smallest absolute Gasteiger partial charge is 0.260 e. The second kappa shape index (κ2) is 10.1. The first kappa shape index (κ1) is 20.9. The van der Waals surface area contributed by atoms with Gasteiger partial charge in [0.05, 0.1) is 6.10 Å². The lowest BCUT2D eigenvalue weighted by Crippen LogP contribution is -2.50. The Morgan fingerprint density at radius 3 is 2.13 bits per heavy atom. The van der Waals surface area contributed by atoms with Gasteiger partial charge in [0, 0.05) is 39.3 Å². The molecule has 0 unspecified atom stereocenters. The number of methoxy groups -OCH3 is 1. The average Bonchev–Trinajstić information content (AvgIpc) is 2.83. The van der Waals surface area contributed by atoms with Crippen molar-refractivity contribution in [3.05, 3.63) is 54.6 Å². The highest BCUT2D eigenvalue weighted by Crippen LogP contribution is 2.24. The zero-order valence-corrected chi connectivity index (χ0v) is 17.8. The fourth-order valence-electron chi connectivity index (χ4n) is 4.57. The third-order valence-electron chi connectivity index (χ3n) is 6.47. The fraction of sp³-hybridized carbons (Fsp3) is 0.480. The van der Waals surface area contributed by atoms with Crippen molar-refractivity contribution in [2.75, 3.05) is 39.9 Å². The molecule has 0 atom stereocenters. The second-order valence-electron chi connectivity index (χ2n) is 8.26. The first-order chi connectivity index (χ1) is 14.7. The van der Waals surface area contributed by atoms with Gasteiger partial charge in [0.2, 0.25) is 0 Å². The molecule has 5 nitrogen and oxygen atoms in total. The highest BCUT2D eigenvalue weighted by molar-refractivity contribution is 5.78. The molecule has 2 heterocycles. The third-order valence-corrected chi connectivity index (χ3v) is 6.47. The van der Waals surface area contributed by atoms with E-state index in [9.17, 15) is 4.79 Å². The monoisotopic (exact) mass is 408 g/mol. The summed E-state index contributed by atoms with van der Waals surface area (Å²) in [5.74, 6) is 0.817. The molecular weight excluding hydrogens is 376 g/mol. The van der Waals surface area contributed by atoms with Crippen molar-refractivity contribution >= 4 is 5.91 Å². The molecule has 2 fully saturated rings. The van der Waals surface area contributed by atoms with Gasteiger partial charge in [0.15, 0.2) is 6.61 Å². The summed E-state index contributed by atoms with van der Waals surface area (Å²) in [4.78, 5) is 17.1. The van der Waals surface area contributed by atoms with Crippen molar-refractivity contribution in [2.24, 2.45) is 0 Å². The summed E-state index contributed by atoms with van der Waals surface area (Å²) in [5, 5.41) is 0. The molecule has 0 bridgehead atoms. The van der Waals surface area contributed by atoms with E-state index in [-0.39, 0.29) is 12.5 Å². The van der Waals surface area contributed by atoms with E-state index in [1.165, 1.54) is 5.56 Å². The van der Waals surface area contributed by atoms with Gasteiger partial charge in [-0.25, -0.2) is 0 Å². The van der Waals surface area contributed by atoms with E-state index in [0.29, 0.717) is 12.1 Å². The van der Waals surface area contributed by atoms with Crippen LogP contribution in [0, 0.1) is 0 Å². The van der Waals surface area contributed by atoms with Gasteiger partial charge in [0.25, 0.3) is 5.91 Å². The molecule has 5 heteroatoms. The van der Waals surface area contributed by atoms with Crippen molar-refractivity contribution in [3.63, 3.8) is 0 Å². The molecule has 2 aromatic carbocycles. The molecule has 2 saturated heterocycles. The van der Waals surface area contributed by atoms with Crippen LogP contribution in [0.4, 0.5) is 0 Å². The van der Waals surface area contributed by atoms with Crippen molar-refractivity contribution in [1.29, 1.82) is 0 Å². The molecule has 0 saturated carbocycles. The Labute approximate surface area is 179 Å². The maximum absolute atomic E-state index is 12.6. The van der Waals surface area contributed by atoms with Gasteiger partial charge in [0.1, 0.15) is 5.75 Å². The van der Waals surface area contributed by atoms with E-state index < -0.39 is 0 Å². The Balaban J connectivity index is 1.21. The molecule has 0 N–H and O–H groups in total. The number of rotatable bonds is 6. The largest absolute Gasteiger partial charge is 0.484 e. The summed E-state index contributed by atoms with van der Waals surface area (Å²) in [6.07, 6.45) is 4.76. The zero-order chi connectivity index (χ0) is 20.8. The normalized spacial score (nSPS) is 19.0. The van der Waals surface area contributed by atoms with Gasteiger partial charge in [-0.1, -0.05) is 42.5 Å². The lowest BCUT2D eigenvalue weighted by atomic mass is 9.99. The van der Waals surface area contributed by atoms with E-state index in [0.717, 1.165) is 63.2 Å². The number of carbonyl (C=O) groups excluding carboxylic acids is 1. The van der Waals surface area contributed by atoms with Crippen LogP contribution in [0.15, 0.2) is 54.6 Å². The molecule has 0 aliphatic carbocycles. The van der Waals surface area contributed by atoms with E-state index >= 15 is 0 Å². The van der Waals surface area contributed by atoms with Crippen LogP contribution in [0.25, 0.3) is 11.1 Å². The number of piperidine rings is 2. The number of amides is 1. The minimum atomic E-state index is 0.0821. The first-order valence-electron chi connectivity index (χ1n) is 11.1. The number of hydrogen-bond acceptors (Lipinski definition) is 4. The van der Waals surface area contributed by atoms with Crippen molar-refractivity contribution in [3.8, 4) is 16.9 Å². The van der Waals surface area contributed by atoms with Crippen LogP contribution >= 0.6 is 0 Å². The molecular formula is C25H32N2O3. The van der Waals surface area contributed by atoms with E-state index in [2.05, 4.69) is 17.0 Å². The molecule has 1 amide bonds. The molecule has 4 rings (SSSR count). The number of hydrogen-bond donors (Lipinski definition) is 0.